The Bertz CT molecular complexity index is 584. The molecule has 2 aromatic rings. The molecule has 0 aliphatic heterocycles. The van der Waals surface area contributed by atoms with Crippen molar-refractivity contribution in [3.05, 3.63) is 29.8 Å². The Labute approximate surface area is 126 Å². The molecule has 114 valence electrons. The van der Waals surface area contributed by atoms with Crippen molar-refractivity contribution in [1.82, 2.24) is 4.98 Å². The van der Waals surface area contributed by atoms with E-state index in [1.165, 1.54) is 12.8 Å². The monoisotopic (exact) mass is 288 g/mol. The summed E-state index contributed by atoms with van der Waals surface area (Å²) in [7, 11) is 3.55. The highest BCUT2D eigenvalue weighted by Crippen LogP contribution is 2.24. The van der Waals surface area contributed by atoms with E-state index in [4.69, 9.17) is 9.47 Å². The van der Waals surface area contributed by atoms with Crippen molar-refractivity contribution in [2.24, 2.45) is 0 Å². The Kier molecular flexibility index (Phi) is 5.81. The Morgan fingerprint density at radius 3 is 2.76 bits per heavy atom. The van der Waals surface area contributed by atoms with Crippen LogP contribution in [0.15, 0.2) is 24.3 Å². The minimum Gasteiger partial charge on any atom is -0.497 e. The summed E-state index contributed by atoms with van der Waals surface area (Å²) in [6, 6.07) is 8.06. The van der Waals surface area contributed by atoms with Crippen molar-refractivity contribution in [3.63, 3.8) is 0 Å². The molecule has 0 radical (unpaired) electrons. The van der Waals surface area contributed by atoms with Gasteiger partial charge in [0.1, 0.15) is 11.6 Å². The summed E-state index contributed by atoms with van der Waals surface area (Å²) in [5, 5.41) is 4.24. The summed E-state index contributed by atoms with van der Waals surface area (Å²) >= 11 is 0. The second-order valence-corrected chi connectivity index (χ2v) is 5.06. The van der Waals surface area contributed by atoms with E-state index >= 15 is 0 Å². The van der Waals surface area contributed by atoms with Crippen LogP contribution >= 0.6 is 0 Å². The van der Waals surface area contributed by atoms with Crippen LogP contribution in [0.4, 0.5) is 5.82 Å². The molecule has 1 aromatic carbocycles. The van der Waals surface area contributed by atoms with Gasteiger partial charge in [0.25, 0.3) is 0 Å². The molecule has 1 N–H and O–H groups in total. The number of benzene rings is 1. The van der Waals surface area contributed by atoms with Gasteiger partial charge in [-0.25, -0.2) is 4.98 Å². The molecule has 0 spiro atoms. The van der Waals surface area contributed by atoms with Crippen LogP contribution < -0.4 is 10.1 Å². The summed E-state index contributed by atoms with van der Waals surface area (Å²) < 4.78 is 11.0. The summed E-state index contributed by atoms with van der Waals surface area (Å²) in [6.07, 6.45) is 3.54. The van der Waals surface area contributed by atoms with Crippen molar-refractivity contribution >= 4 is 16.7 Å². The number of unbranched alkanes of at least 4 members (excludes halogenated alkanes) is 2. The molecule has 0 aliphatic rings. The van der Waals surface area contributed by atoms with E-state index in [1.54, 1.807) is 7.11 Å². The molecule has 0 fully saturated rings. The fourth-order valence-corrected chi connectivity index (χ4v) is 2.28. The van der Waals surface area contributed by atoms with Gasteiger partial charge in [-0.2, -0.15) is 0 Å². The molecule has 1 aromatic heterocycles. The van der Waals surface area contributed by atoms with Gasteiger partial charge < -0.3 is 14.8 Å². The number of nitrogens with one attached hydrogen (secondary N) is 1. The molecular formula is C17H24N2O2. The standard InChI is InChI=1S/C17H24N2O2/c1-4-5-6-9-21-12-14-10-13-7-8-15(20-3)11-16(13)19-17(14)18-2/h7-8,10-11H,4-6,9,12H2,1-3H3,(H,18,19). The molecule has 0 saturated carbocycles. The second kappa shape index (κ2) is 7.84. The molecule has 0 bridgehead atoms. The average Bonchev–Trinajstić information content (AvgIpc) is 2.53. The zero-order valence-corrected chi connectivity index (χ0v) is 13.1. The summed E-state index contributed by atoms with van der Waals surface area (Å²) in [4.78, 5) is 4.65. The molecule has 1 heterocycles. The number of rotatable bonds is 8. The van der Waals surface area contributed by atoms with E-state index in [2.05, 4.69) is 23.3 Å². The number of hydrogen-bond acceptors (Lipinski definition) is 4. The third-order valence-corrected chi connectivity index (χ3v) is 3.49. The van der Waals surface area contributed by atoms with Crippen molar-refractivity contribution in [3.8, 4) is 5.75 Å². The van der Waals surface area contributed by atoms with Gasteiger partial charge in [-0.05, 0) is 24.6 Å². The number of methoxy groups -OCH3 is 1. The van der Waals surface area contributed by atoms with E-state index in [0.717, 1.165) is 41.1 Å². The van der Waals surface area contributed by atoms with Gasteiger partial charge in [0.15, 0.2) is 0 Å². The zero-order valence-electron chi connectivity index (χ0n) is 13.1. The first-order valence-corrected chi connectivity index (χ1v) is 7.51. The number of ether oxygens (including phenoxy) is 2. The number of fused-ring (bicyclic) bond motifs is 1. The lowest BCUT2D eigenvalue weighted by molar-refractivity contribution is 0.117. The molecule has 0 amide bonds. The van der Waals surface area contributed by atoms with E-state index in [9.17, 15) is 0 Å². The average molecular weight is 288 g/mol. The Morgan fingerprint density at radius 1 is 1.19 bits per heavy atom. The quantitative estimate of drug-likeness (QED) is 0.746. The molecule has 21 heavy (non-hydrogen) atoms. The van der Waals surface area contributed by atoms with Gasteiger partial charge >= 0.3 is 0 Å². The van der Waals surface area contributed by atoms with Crippen LogP contribution in [0.2, 0.25) is 0 Å². The van der Waals surface area contributed by atoms with Gasteiger partial charge in [-0.3, -0.25) is 0 Å². The van der Waals surface area contributed by atoms with E-state index < -0.39 is 0 Å². The van der Waals surface area contributed by atoms with Crippen LogP contribution in [0.5, 0.6) is 5.75 Å². The van der Waals surface area contributed by atoms with Crippen LogP contribution in [-0.4, -0.2) is 25.7 Å². The Balaban J connectivity index is 2.14. The number of anilines is 1. The minimum absolute atomic E-state index is 0.592. The summed E-state index contributed by atoms with van der Waals surface area (Å²) in [6.45, 7) is 3.59. The van der Waals surface area contributed by atoms with E-state index in [0.29, 0.717) is 6.61 Å². The minimum atomic E-state index is 0.592. The summed E-state index contributed by atoms with van der Waals surface area (Å²) in [5.41, 5.74) is 2.01. The third-order valence-electron chi connectivity index (χ3n) is 3.49. The van der Waals surface area contributed by atoms with Gasteiger partial charge in [0.2, 0.25) is 0 Å². The highest BCUT2D eigenvalue weighted by Gasteiger charge is 2.07. The van der Waals surface area contributed by atoms with E-state index in [-0.39, 0.29) is 0 Å². The van der Waals surface area contributed by atoms with Crippen molar-refractivity contribution in [2.45, 2.75) is 32.8 Å². The smallest absolute Gasteiger partial charge is 0.131 e. The molecule has 0 aliphatic carbocycles. The van der Waals surface area contributed by atoms with Crippen molar-refractivity contribution in [1.29, 1.82) is 0 Å². The third kappa shape index (κ3) is 4.08. The lowest BCUT2D eigenvalue weighted by Gasteiger charge is -2.11. The van der Waals surface area contributed by atoms with Crippen LogP contribution in [0.25, 0.3) is 10.9 Å². The first-order chi connectivity index (χ1) is 10.3. The second-order valence-electron chi connectivity index (χ2n) is 5.06. The fourth-order valence-electron chi connectivity index (χ4n) is 2.28. The van der Waals surface area contributed by atoms with Crippen molar-refractivity contribution < 1.29 is 9.47 Å². The van der Waals surface area contributed by atoms with Gasteiger partial charge in [0, 0.05) is 30.7 Å². The number of nitrogens with zero attached hydrogens (tertiary/aromatic N) is 1. The van der Waals surface area contributed by atoms with Crippen LogP contribution in [-0.2, 0) is 11.3 Å². The predicted molar refractivity (Wildman–Crippen MR) is 87.0 cm³/mol. The maximum absolute atomic E-state index is 5.75. The van der Waals surface area contributed by atoms with Crippen LogP contribution in [0.3, 0.4) is 0 Å². The predicted octanol–water partition coefficient (Wildman–Crippen LogP) is 3.99. The zero-order chi connectivity index (χ0) is 15.1. The first-order valence-electron chi connectivity index (χ1n) is 7.51. The maximum atomic E-state index is 5.75. The highest BCUT2D eigenvalue weighted by atomic mass is 16.5. The van der Waals surface area contributed by atoms with Crippen LogP contribution in [0.1, 0.15) is 31.7 Å². The lowest BCUT2D eigenvalue weighted by Crippen LogP contribution is -2.02. The normalized spacial score (nSPS) is 10.8. The summed E-state index contributed by atoms with van der Waals surface area (Å²) in [5.74, 6) is 1.69. The number of hydrogen-bond donors (Lipinski definition) is 1. The lowest BCUT2D eigenvalue weighted by atomic mass is 10.1. The maximum Gasteiger partial charge on any atom is 0.131 e. The molecule has 0 saturated heterocycles. The molecule has 4 nitrogen and oxygen atoms in total. The van der Waals surface area contributed by atoms with Gasteiger partial charge in [0.05, 0.1) is 19.2 Å². The van der Waals surface area contributed by atoms with Gasteiger partial charge in [-0.15, -0.1) is 0 Å². The molecular weight excluding hydrogens is 264 g/mol. The van der Waals surface area contributed by atoms with Crippen molar-refractivity contribution in [2.75, 3.05) is 26.1 Å². The molecule has 0 atom stereocenters. The number of pyridine rings is 1. The van der Waals surface area contributed by atoms with Gasteiger partial charge in [-0.1, -0.05) is 19.8 Å². The molecule has 4 heteroatoms. The first kappa shape index (κ1) is 15.6. The Hall–Kier alpha value is -1.81. The number of aromatic nitrogens is 1. The van der Waals surface area contributed by atoms with Crippen LogP contribution in [0, 0.1) is 0 Å². The highest BCUT2D eigenvalue weighted by molar-refractivity contribution is 5.83. The fraction of sp³-hybridized carbons (Fsp3) is 0.471. The Morgan fingerprint density at radius 2 is 2.05 bits per heavy atom. The largest absolute Gasteiger partial charge is 0.497 e. The van der Waals surface area contributed by atoms with E-state index in [1.807, 2.05) is 25.2 Å². The SMILES string of the molecule is CCCCCOCc1cc2ccc(OC)cc2nc1NC. The molecule has 0 unspecified atom stereocenters. The topological polar surface area (TPSA) is 43.4 Å². The molecule has 2 rings (SSSR count).